The Bertz CT molecular complexity index is 1450. The van der Waals surface area contributed by atoms with Crippen LogP contribution in [0.15, 0.2) is 65.4 Å². The summed E-state index contributed by atoms with van der Waals surface area (Å²) in [7, 11) is 0. The Hall–Kier alpha value is -4.45. The quantitative estimate of drug-likeness (QED) is 0.451. The first-order valence-electron chi connectivity index (χ1n) is 9.27. The Morgan fingerprint density at radius 2 is 1.97 bits per heavy atom. The fourth-order valence-electron chi connectivity index (χ4n) is 3.21. The van der Waals surface area contributed by atoms with Gasteiger partial charge in [0.2, 0.25) is 18.5 Å². The number of fused-ring (bicyclic) bond motifs is 1. The van der Waals surface area contributed by atoms with Crippen molar-refractivity contribution in [1.29, 1.82) is 5.26 Å². The number of aromatic nitrogens is 5. The third kappa shape index (κ3) is 3.51. The van der Waals surface area contributed by atoms with Crippen LogP contribution in [0.5, 0.6) is 0 Å². The largest absolute Gasteiger partial charge is 0.354 e. The molecule has 1 N–H and O–H groups in total. The first-order chi connectivity index (χ1) is 15.1. The second-order valence-corrected chi connectivity index (χ2v) is 6.82. The van der Waals surface area contributed by atoms with E-state index >= 15 is 0 Å². The van der Waals surface area contributed by atoms with Gasteiger partial charge in [-0.15, -0.1) is 0 Å². The Morgan fingerprint density at radius 3 is 2.77 bits per heavy atom. The predicted octanol–water partition coefficient (Wildman–Crippen LogP) is 3.77. The molecule has 0 spiro atoms. The Kier molecular flexibility index (Phi) is 4.45. The lowest BCUT2D eigenvalue weighted by molar-refractivity contribution is -0.746. The normalized spacial score (nSPS) is 11.0. The van der Waals surface area contributed by atoms with Crippen LogP contribution < -0.4 is 4.68 Å². The molecule has 0 saturated carbocycles. The van der Waals surface area contributed by atoms with E-state index in [4.69, 9.17) is 9.78 Å². The number of nitrogens with zero attached hydrogens (tertiary/aromatic N) is 5. The molecular weight excluding hydrogens is 402 g/mol. The standard InChI is InChI=1S/C22H12F2N6O/c23-17-3-1-2-16(21(17)24)22-27-19-10-26-30(12-20(19)28-22)11-15-8-18(29-31-15)14-6-4-13(9-25)5-7-14/h1-8,10,12H,11H2/p+1. The third-order valence-electron chi connectivity index (χ3n) is 4.76. The van der Waals surface area contributed by atoms with Gasteiger partial charge in [0.15, 0.2) is 11.6 Å². The molecular formula is C22H13F2N6O+. The van der Waals surface area contributed by atoms with Gasteiger partial charge in [-0.3, -0.25) is 0 Å². The molecule has 3 heterocycles. The molecule has 9 heteroatoms. The van der Waals surface area contributed by atoms with Gasteiger partial charge >= 0.3 is 0 Å². The lowest BCUT2D eigenvalue weighted by atomic mass is 10.1. The monoisotopic (exact) mass is 415 g/mol. The van der Waals surface area contributed by atoms with Crippen LogP contribution in [0.25, 0.3) is 33.7 Å². The average Bonchev–Trinajstić information content (AvgIpc) is 3.42. The van der Waals surface area contributed by atoms with Crippen molar-refractivity contribution < 1.29 is 18.0 Å². The Labute approximate surface area is 174 Å². The van der Waals surface area contributed by atoms with Gasteiger partial charge in [0.25, 0.3) is 0 Å². The second kappa shape index (κ2) is 7.42. The van der Waals surface area contributed by atoms with E-state index in [0.29, 0.717) is 34.6 Å². The molecule has 0 saturated heterocycles. The summed E-state index contributed by atoms with van der Waals surface area (Å²) >= 11 is 0. The molecule has 0 amide bonds. The number of hydrogen-bond acceptors (Lipinski definition) is 5. The number of rotatable bonds is 4. The molecule has 31 heavy (non-hydrogen) atoms. The van der Waals surface area contributed by atoms with Crippen molar-refractivity contribution >= 4 is 11.0 Å². The molecule has 5 aromatic rings. The van der Waals surface area contributed by atoms with Gasteiger partial charge < -0.3 is 9.51 Å². The highest BCUT2D eigenvalue weighted by atomic mass is 19.2. The van der Waals surface area contributed by atoms with Crippen molar-refractivity contribution in [1.82, 2.24) is 20.2 Å². The van der Waals surface area contributed by atoms with Gasteiger partial charge in [-0.1, -0.05) is 28.0 Å². The first-order valence-corrected chi connectivity index (χ1v) is 9.27. The van der Waals surface area contributed by atoms with Crippen LogP contribution in [0, 0.1) is 23.0 Å². The molecule has 0 radical (unpaired) electrons. The number of benzene rings is 2. The highest BCUT2D eigenvalue weighted by molar-refractivity contribution is 5.77. The summed E-state index contributed by atoms with van der Waals surface area (Å²) in [6, 6.07) is 14.8. The Morgan fingerprint density at radius 1 is 1.13 bits per heavy atom. The van der Waals surface area contributed by atoms with Crippen LogP contribution in [0.3, 0.4) is 0 Å². The summed E-state index contributed by atoms with van der Waals surface area (Å²) in [5.41, 5.74) is 3.22. The third-order valence-corrected chi connectivity index (χ3v) is 4.76. The van der Waals surface area contributed by atoms with Crippen molar-refractivity contribution in [3.8, 4) is 28.7 Å². The molecule has 0 fully saturated rings. The molecule has 0 aliphatic heterocycles. The lowest BCUT2D eigenvalue weighted by Crippen LogP contribution is -2.37. The maximum Gasteiger partial charge on any atom is 0.234 e. The van der Waals surface area contributed by atoms with E-state index in [9.17, 15) is 8.78 Å². The number of aromatic amines is 1. The van der Waals surface area contributed by atoms with E-state index in [1.165, 1.54) is 18.3 Å². The van der Waals surface area contributed by atoms with Crippen molar-refractivity contribution in [2.24, 2.45) is 0 Å². The zero-order chi connectivity index (χ0) is 21.4. The van der Waals surface area contributed by atoms with E-state index in [-0.39, 0.29) is 11.4 Å². The van der Waals surface area contributed by atoms with Gasteiger partial charge in [-0.05, 0) is 29.4 Å². The zero-order valence-corrected chi connectivity index (χ0v) is 15.9. The first kappa shape index (κ1) is 18.6. The number of nitrogens with one attached hydrogen (secondary N) is 1. The fourth-order valence-corrected chi connectivity index (χ4v) is 3.21. The van der Waals surface area contributed by atoms with Crippen LogP contribution in [0.4, 0.5) is 8.78 Å². The van der Waals surface area contributed by atoms with E-state index in [0.717, 1.165) is 11.6 Å². The topological polar surface area (TPSA) is 95.3 Å². The summed E-state index contributed by atoms with van der Waals surface area (Å²) in [5, 5.41) is 17.3. The van der Waals surface area contributed by atoms with Crippen LogP contribution in [0.2, 0.25) is 0 Å². The van der Waals surface area contributed by atoms with Crippen LogP contribution >= 0.6 is 0 Å². The van der Waals surface area contributed by atoms with E-state index < -0.39 is 11.6 Å². The zero-order valence-electron chi connectivity index (χ0n) is 15.9. The molecule has 0 aliphatic carbocycles. The van der Waals surface area contributed by atoms with Crippen molar-refractivity contribution in [3.05, 3.63) is 83.9 Å². The molecule has 150 valence electrons. The van der Waals surface area contributed by atoms with Crippen LogP contribution in [-0.4, -0.2) is 20.2 Å². The summed E-state index contributed by atoms with van der Waals surface area (Å²) in [6.45, 7) is 0.307. The molecule has 5 rings (SSSR count). The van der Waals surface area contributed by atoms with E-state index in [1.807, 2.05) is 0 Å². The number of imidazole rings is 1. The number of H-pyrrole nitrogens is 1. The predicted molar refractivity (Wildman–Crippen MR) is 105 cm³/mol. The highest BCUT2D eigenvalue weighted by Crippen LogP contribution is 2.24. The van der Waals surface area contributed by atoms with E-state index in [2.05, 4.69) is 26.3 Å². The van der Waals surface area contributed by atoms with Crippen molar-refractivity contribution in [3.63, 3.8) is 0 Å². The van der Waals surface area contributed by atoms with E-state index in [1.54, 1.807) is 41.2 Å². The molecule has 0 aliphatic rings. The number of hydrogen-bond donors (Lipinski definition) is 1. The minimum atomic E-state index is -0.959. The summed E-state index contributed by atoms with van der Waals surface area (Å²) in [4.78, 5) is 7.29. The molecule has 3 aromatic heterocycles. The van der Waals surface area contributed by atoms with Crippen molar-refractivity contribution in [2.75, 3.05) is 0 Å². The number of nitriles is 1. The molecule has 0 atom stereocenters. The SMILES string of the molecule is N#Cc1ccc(-c2cc(C[n+]3cc4[nH]c(-c5cccc(F)c5F)nc4cn3)on2)cc1. The summed E-state index contributed by atoms with van der Waals surface area (Å²) in [5.74, 6) is -1.10. The van der Waals surface area contributed by atoms with Gasteiger partial charge in [0, 0.05) is 11.6 Å². The molecule has 0 bridgehead atoms. The van der Waals surface area contributed by atoms with Gasteiger partial charge in [0.1, 0.15) is 28.7 Å². The maximum atomic E-state index is 14.1. The maximum absolute atomic E-state index is 14.1. The minimum Gasteiger partial charge on any atom is -0.354 e. The highest BCUT2D eigenvalue weighted by Gasteiger charge is 2.17. The summed E-state index contributed by atoms with van der Waals surface area (Å²) in [6.07, 6.45) is 3.23. The van der Waals surface area contributed by atoms with Gasteiger partial charge in [-0.25, -0.2) is 13.8 Å². The van der Waals surface area contributed by atoms with Crippen LogP contribution in [-0.2, 0) is 6.54 Å². The van der Waals surface area contributed by atoms with Crippen LogP contribution in [0.1, 0.15) is 11.3 Å². The number of halogens is 2. The fraction of sp³-hybridized carbons (Fsp3) is 0.0455. The molecule has 0 unspecified atom stereocenters. The van der Waals surface area contributed by atoms with Gasteiger partial charge in [0.05, 0.1) is 17.2 Å². The molecule has 7 nitrogen and oxygen atoms in total. The summed E-state index contributed by atoms with van der Waals surface area (Å²) < 4.78 is 34.6. The molecule has 2 aromatic carbocycles. The van der Waals surface area contributed by atoms with Crippen molar-refractivity contribution in [2.45, 2.75) is 6.54 Å². The Balaban J connectivity index is 1.40. The smallest absolute Gasteiger partial charge is 0.234 e. The minimum absolute atomic E-state index is 0.0463. The second-order valence-electron chi connectivity index (χ2n) is 6.82. The lowest BCUT2D eigenvalue weighted by Gasteiger charge is -1.99. The average molecular weight is 415 g/mol. The van der Waals surface area contributed by atoms with Gasteiger partial charge in [-0.2, -0.15) is 5.26 Å².